The van der Waals surface area contributed by atoms with Crippen LogP contribution in [-0.2, 0) is 4.74 Å². The molecule has 0 aromatic rings. The first-order valence-electron chi connectivity index (χ1n) is 7.10. The summed E-state index contributed by atoms with van der Waals surface area (Å²) in [7, 11) is 0. The van der Waals surface area contributed by atoms with Gasteiger partial charge in [-0.2, -0.15) is 0 Å². The summed E-state index contributed by atoms with van der Waals surface area (Å²) in [6.07, 6.45) is 8.29. The number of ether oxygens (including phenoxy) is 1. The van der Waals surface area contributed by atoms with E-state index in [1.54, 1.807) is 0 Å². The first-order valence-corrected chi connectivity index (χ1v) is 7.10. The molecule has 1 unspecified atom stereocenters. The van der Waals surface area contributed by atoms with Crippen molar-refractivity contribution in [3.63, 3.8) is 0 Å². The second-order valence-electron chi connectivity index (χ2n) is 7.39. The van der Waals surface area contributed by atoms with E-state index in [1.807, 2.05) is 0 Å². The highest BCUT2D eigenvalue weighted by Crippen LogP contribution is 2.65. The van der Waals surface area contributed by atoms with Gasteiger partial charge >= 0.3 is 0 Å². The Labute approximate surface area is 99.9 Å². The molecule has 92 valence electrons. The third kappa shape index (κ3) is 1.16. The molecular formula is C15H26O. The predicted molar refractivity (Wildman–Crippen MR) is 66.4 cm³/mol. The Hall–Kier alpha value is -0.0400. The van der Waals surface area contributed by atoms with Crippen LogP contribution < -0.4 is 0 Å². The van der Waals surface area contributed by atoms with Gasteiger partial charge in [0.1, 0.15) is 0 Å². The zero-order chi connectivity index (χ0) is 11.6. The van der Waals surface area contributed by atoms with Gasteiger partial charge in [-0.15, -0.1) is 0 Å². The third-order valence-corrected chi connectivity index (χ3v) is 6.21. The van der Waals surface area contributed by atoms with E-state index in [4.69, 9.17) is 4.74 Å². The van der Waals surface area contributed by atoms with E-state index in [0.29, 0.717) is 5.41 Å². The summed E-state index contributed by atoms with van der Waals surface area (Å²) in [5.41, 5.74) is 0.815. The molecule has 4 atom stereocenters. The van der Waals surface area contributed by atoms with Gasteiger partial charge in [0.25, 0.3) is 0 Å². The van der Waals surface area contributed by atoms with Gasteiger partial charge in [-0.05, 0) is 63.2 Å². The van der Waals surface area contributed by atoms with E-state index in [1.165, 1.54) is 38.5 Å². The van der Waals surface area contributed by atoms with Crippen LogP contribution in [-0.4, -0.2) is 11.2 Å². The number of hydrogen-bond acceptors (Lipinski definition) is 1. The van der Waals surface area contributed by atoms with E-state index < -0.39 is 0 Å². The molecule has 1 heteroatoms. The molecule has 1 nitrogen and oxygen atoms in total. The summed E-state index contributed by atoms with van der Waals surface area (Å²) in [6, 6.07) is 0. The van der Waals surface area contributed by atoms with Crippen molar-refractivity contribution >= 4 is 0 Å². The van der Waals surface area contributed by atoms with Gasteiger partial charge < -0.3 is 4.74 Å². The fraction of sp³-hybridized carbons (Fsp3) is 1.00. The van der Waals surface area contributed by atoms with Gasteiger partial charge in [-0.25, -0.2) is 0 Å². The minimum Gasteiger partial charge on any atom is -0.368 e. The molecule has 2 bridgehead atoms. The van der Waals surface area contributed by atoms with Crippen LogP contribution >= 0.6 is 0 Å². The molecule has 0 radical (unpaired) electrons. The van der Waals surface area contributed by atoms with Crippen molar-refractivity contribution in [3.05, 3.63) is 0 Å². The monoisotopic (exact) mass is 222 g/mol. The maximum atomic E-state index is 6.68. The zero-order valence-corrected chi connectivity index (χ0v) is 11.3. The Morgan fingerprint density at radius 3 is 2.56 bits per heavy atom. The molecule has 0 aromatic heterocycles. The molecule has 2 aliphatic carbocycles. The largest absolute Gasteiger partial charge is 0.368 e. The summed E-state index contributed by atoms with van der Waals surface area (Å²) in [5.74, 6) is 1.57. The molecule has 1 aliphatic heterocycles. The molecule has 1 heterocycles. The zero-order valence-electron chi connectivity index (χ0n) is 11.3. The van der Waals surface area contributed by atoms with E-state index in [-0.39, 0.29) is 11.2 Å². The molecule has 2 saturated carbocycles. The van der Waals surface area contributed by atoms with E-state index in [9.17, 15) is 0 Å². The standard InChI is InChI=1S/C15H26O/c1-11-6-5-8-14(4)9-7-12-10-15(11,14)16-13(12,2)3/h11-12H,5-10H2,1-4H3/t11-,12+,14-,15?/m0/s1. The summed E-state index contributed by atoms with van der Waals surface area (Å²) in [5, 5.41) is 0. The van der Waals surface area contributed by atoms with Gasteiger partial charge in [0.15, 0.2) is 0 Å². The van der Waals surface area contributed by atoms with Gasteiger partial charge in [-0.1, -0.05) is 20.3 Å². The minimum atomic E-state index is 0.128. The molecule has 3 rings (SSSR count). The second-order valence-corrected chi connectivity index (χ2v) is 7.39. The first-order chi connectivity index (χ1) is 7.40. The van der Waals surface area contributed by atoms with Gasteiger partial charge in [0.2, 0.25) is 0 Å². The highest BCUT2D eigenvalue weighted by atomic mass is 16.5. The number of rotatable bonds is 0. The van der Waals surface area contributed by atoms with E-state index in [0.717, 1.165) is 11.8 Å². The Balaban J connectivity index is 2.04. The first kappa shape index (κ1) is 11.1. The lowest BCUT2D eigenvalue weighted by Gasteiger charge is -2.55. The molecule has 1 spiro atoms. The van der Waals surface area contributed by atoms with E-state index in [2.05, 4.69) is 27.7 Å². The lowest BCUT2D eigenvalue weighted by atomic mass is 9.53. The van der Waals surface area contributed by atoms with Crippen LogP contribution in [0, 0.1) is 17.3 Å². The average Bonchev–Trinajstić information content (AvgIpc) is 2.42. The molecule has 0 aromatic carbocycles. The van der Waals surface area contributed by atoms with Crippen LogP contribution in [0.2, 0.25) is 0 Å². The molecule has 0 N–H and O–H groups in total. The maximum Gasteiger partial charge on any atom is 0.0772 e. The Morgan fingerprint density at radius 2 is 1.81 bits per heavy atom. The van der Waals surface area contributed by atoms with Crippen LogP contribution in [0.4, 0.5) is 0 Å². The molecule has 0 amide bonds. The third-order valence-electron chi connectivity index (χ3n) is 6.21. The van der Waals surface area contributed by atoms with Crippen LogP contribution in [0.3, 0.4) is 0 Å². The van der Waals surface area contributed by atoms with Crippen LogP contribution in [0.15, 0.2) is 0 Å². The molecule has 1 saturated heterocycles. The fourth-order valence-electron chi connectivity index (χ4n) is 4.99. The highest BCUT2D eigenvalue weighted by molar-refractivity contribution is 5.14. The summed E-state index contributed by atoms with van der Waals surface area (Å²) >= 11 is 0. The van der Waals surface area contributed by atoms with Gasteiger partial charge in [0.05, 0.1) is 11.2 Å². The van der Waals surface area contributed by atoms with Crippen molar-refractivity contribution in [1.82, 2.24) is 0 Å². The highest BCUT2D eigenvalue weighted by Gasteiger charge is 2.65. The molecular weight excluding hydrogens is 196 g/mol. The van der Waals surface area contributed by atoms with Gasteiger partial charge in [-0.3, -0.25) is 0 Å². The van der Waals surface area contributed by atoms with Crippen LogP contribution in [0.1, 0.15) is 66.2 Å². The van der Waals surface area contributed by atoms with Crippen molar-refractivity contribution in [1.29, 1.82) is 0 Å². The van der Waals surface area contributed by atoms with E-state index >= 15 is 0 Å². The Morgan fingerprint density at radius 1 is 1.06 bits per heavy atom. The quantitative estimate of drug-likeness (QED) is 0.598. The van der Waals surface area contributed by atoms with Crippen molar-refractivity contribution in [2.45, 2.75) is 77.4 Å². The lowest BCUT2D eigenvalue weighted by Crippen LogP contribution is -2.55. The molecule has 3 aliphatic rings. The summed E-state index contributed by atoms with van der Waals surface area (Å²) in [6.45, 7) is 9.57. The van der Waals surface area contributed by atoms with Crippen molar-refractivity contribution in [2.24, 2.45) is 17.3 Å². The molecule has 16 heavy (non-hydrogen) atoms. The molecule has 3 fully saturated rings. The Bertz CT molecular complexity index is 309. The minimum absolute atomic E-state index is 0.128. The second kappa shape index (κ2) is 3.04. The summed E-state index contributed by atoms with van der Waals surface area (Å²) in [4.78, 5) is 0. The van der Waals surface area contributed by atoms with Crippen LogP contribution in [0.5, 0.6) is 0 Å². The SMILES string of the molecule is C[C@H]1CCC[C@@]2(C)CC[C@@H]3CC12OC3(C)C. The Kier molecular flexibility index (Phi) is 2.11. The maximum absolute atomic E-state index is 6.68. The lowest BCUT2D eigenvalue weighted by molar-refractivity contribution is -0.192. The average molecular weight is 222 g/mol. The predicted octanol–water partition coefficient (Wildman–Crippen LogP) is 4.16. The number of hydrogen-bond donors (Lipinski definition) is 0. The van der Waals surface area contributed by atoms with Crippen molar-refractivity contribution in [3.8, 4) is 0 Å². The normalized spacial score (nSPS) is 54.8. The van der Waals surface area contributed by atoms with Crippen molar-refractivity contribution in [2.75, 3.05) is 0 Å². The number of fused-ring (bicyclic) bond motifs is 1. The fourth-order valence-corrected chi connectivity index (χ4v) is 4.99. The smallest absolute Gasteiger partial charge is 0.0772 e. The topological polar surface area (TPSA) is 9.23 Å². The van der Waals surface area contributed by atoms with Gasteiger partial charge in [0, 0.05) is 0 Å². The summed E-state index contributed by atoms with van der Waals surface area (Å²) < 4.78 is 6.68. The van der Waals surface area contributed by atoms with Crippen LogP contribution in [0.25, 0.3) is 0 Å². The van der Waals surface area contributed by atoms with Crippen molar-refractivity contribution < 1.29 is 4.74 Å².